The molecule has 0 aliphatic rings. The van der Waals surface area contributed by atoms with Crippen LogP contribution in [0.2, 0.25) is 0 Å². The Balaban J connectivity index is -0.0000000457. The molecule has 0 saturated heterocycles. The molecule has 0 fully saturated rings. The van der Waals surface area contributed by atoms with Crippen molar-refractivity contribution in [3.05, 3.63) is 25.3 Å². The van der Waals surface area contributed by atoms with Crippen molar-refractivity contribution in [3.8, 4) is 0 Å². The second-order valence-corrected chi connectivity index (χ2v) is 1.05. The van der Waals surface area contributed by atoms with Crippen molar-refractivity contribution in [1.82, 2.24) is 0 Å². The van der Waals surface area contributed by atoms with Crippen molar-refractivity contribution < 1.29 is 101 Å². The minimum Gasteiger partial charge on any atom is -0.545 e. The average Bonchev–Trinajstić information content (AvgIpc) is 1.89. The molecule has 56 valence electrons. The van der Waals surface area contributed by atoms with Crippen LogP contribution in [0.5, 0.6) is 0 Å². The van der Waals surface area contributed by atoms with Gasteiger partial charge in [0.05, 0.1) is 11.9 Å². The minimum atomic E-state index is -1.23. The predicted molar refractivity (Wildman–Crippen MR) is 30.4 cm³/mol. The molecule has 0 rings (SSSR count). The summed E-state index contributed by atoms with van der Waals surface area (Å²) in [5, 5.41) is 18.3. The van der Waals surface area contributed by atoms with Crippen molar-refractivity contribution in [2.45, 2.75) is 0 Å². The monoisotopic (exact) mass is 204 g/mol. The van der Waals surface area contributed by atoms with Gasteiger partial charge in [-0.25, -0.2) is 0 Å². The first-order valence-corrected chi connectivity index (χ1v) is 2.21. The summed E-state index contributed by atoms with van der Waals surface area (Å²) in [5.41, 5.74) is 0. The summed E-state index contributed by atoms with van der Waals surface area (Å²) in [5.74, 6) is -2.46. The van der Waals surface area contributed by atoms with Crippen molar-refractivity contribution >= 4 is 11.9 Å². The number of carbonyl (C=O) groups excluding carboxylic acids is 2. The molecule has 0 atom stereocenters. The number of rotatable bonds is 2. The third kappa shape index (κ3) is 43.7. The topological polar surface area (TPSA) is 80.3 Å². The Hall–Kier alpha value is 1.06. The van der Waals surface area contributed by atoms with Crippen LogP contribution in [0.25, 0.3) is 0 Å². The quantitative estimate of drug-likeness (QED) is 0.330. The smallest absolute Gasteiger partial charge is 0.545 e. The van der Waals surface area contributed by atoms with Crippen molar-refractivity contribution in [2.24, 2.45) is 0 Å². The van der Waals surface area contributed by atoms with Gasteiger partial charge in [-0.2, -0.15) is 0 Å². The van der Waals surface area contributed by atoms with E-state index in [1.165, 1.54) is 0 Å². The Morgan fingerprint density at radius 2 is 1.08 bits per heavy atom. The maximum absolute atomic E-state index is 9.14. The second-order valence-electron chi connectivity index (χ2n) is 1.05. The van der Waals surface area contributed by atoms with E-state index in [1.54, 1.807) is 0 Å². The summed E-state index contributed by atoms with van der Waals surface area (Å²) in [4.78, 5) is 18.3. The van der Waals surface area contributed by atoms with Gasteiger partial charge in [0.15, 0.2) is 0 Å². The molecule has 0 aliphatic carbocycles. The van der Waals surface area contributed by atoms with Crippen LogP contribution in [0.1, 0.15) is 0 Å². The molecule has 0 aromatic rings. The van der Waals surface area contributed by atoms with Crippen LogP contribution in [0.15, 0.2) is 25.3 Å². The Bertz CT molecular complexity index is 140. The zero-order valence-electron chi connectivity index (χ0n) is 7.20. The van der Waals surface area contributed by atoms with E-state index in [1.807, 2.05) is 0 Å². The Labute approximate surface area is 135 Å². The first-order chi connectivity index (χ1) is 4.54. The fraction of sp³-hybridized carbons (Fsp3) is 0. The Morgan fingerprint density at radius 1 is 1.00 bits per heavy atom. The summed E-state index contributed by atoms with van der Waals surface area (Å²) < 4.78 is 0. The van der Waals surface area contributed by atoms with Crippen LogP contribution in [-0.4, -0.2) is 11.9 Å². The van der Waals surface area contributed by atoms with E-state index in [2.05, 4.69) is 13.2 Å². The standard InChI is InChI=1S/2C3H4O2.K.Na/c2*1-2-3(4)5;;/h2*2H,1H2,(H,4,5);;/q;;2*+1/p-2. The van der Waals surface area contributed by atoms with Crippen LogP contribution in [0, 0.1) is 0 Å². The maximum atomic E-state index is 9.14. The van der Waals surface area contributed by atoms with E-state index in [0.29, 0.717) is 0 Å². The van der Waals surface area contributed by atoms with Crippen LogP contribution in [-0.2, 0) is 9.59 Å². The van der Waals surface area contributed by atoms with Crippen molar-refractivity contribution in [2.75, 3.05) is 0 Å². The van der Waals surface area contributed by atoms with E-state index < -0.39 is 11.9 Å². The molecule has 0 heterocycles. The molecule has 0 amide bonds. The minimum absolute atomic E-state index is 0. The summed E-state index contributed by atoms with van der Waals surface area (Å²) in [7, 11) is 0. The molecule has 0 N–H and O–H groups in total. The number of aliphatic carboxylic acids is 2. The molecule has 0 spiro atoms. The molecule has 0 bridgehead atoms. The molecule has 4 nitrogen and oxygen atoms in total. The van der Waals surface area contributed by atoms with Crippen molar-refractivity contribution in [3.63, 3.8) is 0 Å². The van der Waals surface area contributed by atoms with Gasteiger partial charge in [-0.05, 0) is 12.2 Å². The van der Waals surface area contributed by atoms with Gasteiger partial charge in [0.1, 0.15) is 0 Å². The van der Waals surface area contributed by atoms with Crippen LogP contribution >= 0.6 is 0 Å². The van der Waals surface area contributed by atoms with Gasteiger partial charge in [0, 0.05) is 0 Å². The molecule has 0 saturated carbocycles. The number of hydrogen-bond acceptors (Lipinski definition) is 4. The number of carboxylic acids is 2. The molecule has 0 radical (unpaired) electrons. The van der Waals surface area contributed by atoms with Gasteiger partial charge < -0.3 is 19.8 Å². The zero-order chi connectivity index (χ0) is 8.57. The maximum Gasteiger partial charge on any atom is 1.00 e. The van der Waals surface area contributed by atoms with E-state index in [-0.39, 0.29) is 80.9 Å². The SMILES string of the molecule is C=CC(=O)[O-].C=CC(=O)[O-].[K+].[Na+]. The normalized spacial score (nSPS) is 5.33. The molecular formula is C6H6KNaO4. The number of carbonyl (C=O) groups is 2. The third-order valence-electron chi connectivity index (χ3n) is 0.333. The summed E-state index contributed by atoms with van der Waals surface area (Å²) in [6.45, 7) is 5.80. The second kappa shape index (κ2) is 18.0. The largest absolute Gasteiger partial charge is 1.00 e. The summed E-state index contributed by atoms with van der Waals surface area (Å²) >= 11 is 0. The van der Waals surface area contributed by atoms with Gasteiger partial charge >= 0.3 is 80.9 Å². The number of hydrogen-bond donors (Lipinski definition) is 0. The van der Waals surface area contributed by atoms with E-state index in [4.69, 9.17) is 19.8 Å². The molecular weight excluding hydrogens is 198 g/mol. The van der Waals surface area contributed by atoms with Crippen LogP contribution < -0.4 is 91.2 Å². The van der Waals surface area contributed by atoms with Gasteiger partial charge in [0.2, 0.25) is 0 Å². The van der Waals surface area contributed by atoms with Crippen LogP contribution in [0.3, 0.4) is 0 Å². The number of carboxylic acid groups (broad SMARTS) is 2. The van der Waals surface area contributed by atoms with Gasteiger partial charge in [0.25, 0.3) is 0 Å². The zero-order valence-corrected chi connectivity index (χ0v) is 12.3. The Kier molecular flexibility index (Phi) is 34.6. The van der Waals surface area contributed by atoms with Gasteiger partial charge in [-0.1, -0.05) is 13.2 Å². The summed E-state index contributed by atoms with van der Waals surface area (Å²) in [6, 6.07) is 0. The van der Waals surface area contributed by atoms with Crippen LogP contribution in [0.4, 0.5) is 0 Å². The van der Waals surface area contributed by atoms with Gasteiger partial charge in [-0.15, -0.1) is 0 Å². The molecule has 6 heteroatoms. The molecule has 0 unspecified atom stereocenters. The summed E-state index contributed by atoms with van der Waals surface area (Å²) in [6.07, 6.45) is 1.44. The molecule has 12 heavy (non-hydrogen) atoms. The molecule has 0 aromatic heterocycles. The fourth-order valence-electron chi connectivity index (χ4n) is 0. The van der Waals surface area contributed by atoms with E-state index >= 15 is 0 Å². The first-order valence-electron chi connectivity index (χ1n) is 2.21. The predicted octanol–water partition coefficient (Wildman–Crippen LogP) is -8.15. The van der Waals surface area contributed by atoms with E-state index in [0.717, 1.165) is 12.2 Å². The van der Waals surface area contributed by atoms with Gasteiger partial charge in [-0.3, -0.25) is 0 Å². The molecule has 0 aliphatic heterocycles. The fourth-order valence-corrected chi connectivity index (χ4v) is 0. The van der Waals surface area contributed by atoms with E-state index in [9.17, 15) is 0 Å². The first kappa shape index (κ1) is 23.1. The Morgan fingerprint density at radius 3 is 1.08 bits per heavy atom. The average molecular weight is 204 g/mol. The third-order valence-corrected chi connectivity index (χ3v) is 0.333. The van der Waals surface area contributed by atoms with Crippen molar-refractivity contribution in [1.29, 1.82) is 0 Å². The molecule has 0 aromatic carbocycles.